The van der Waals surface area contributed by atoms with Crippen molar-refractivity contribution in [3.05, 3.63) is 90.8 Å². The van der Waals surface area contributed by atoms with Crippen molar-refractivity contribution in [3.63, 3.8) is 0 Å². The molecule has 0 spiro atoms. The van der Waals surface area contributed by atoms with Crippen LogP contribution >= 0.6 is 0 Å². The molecule has 3 N–H and O–H groups in total. The highest BCUT2D eigenvalue weighted by atomic mass is 32.2. The van der Waals surface area contributed by atoms with Gasteiger partial charge in [0.05, 0.1) is 17.2 Å². The van der Waals surface area contributed by atoms with Crippen LogP contribution < -0.4 is 14.8 Å². The summed E-state index contributed by atoms with van der Waals surface area (Å²) in [6, 6.07) is 17.6. The van der Waals surface area contributed by atoms with Crippen molar-refractivity contribution in [3.8, 4) is 17.0 Å². The molecule has 13 heteroatoms. The molecular weight excluding hydrogens is 592 g/mol. The Morgan fingerprint density at radius 3 is 2.30 bits per heavy atom. The van der Waals surface area contributed by atoms with Crippen LogP contribution in [0.25, 0.3) is 11.3 Å². The lowest BCUT2D eigenvalue weighted by Crippen LogP contribution is -2.30. The number of piperidine rings is 1. The van der Waals surface area contributed by atoms with Gasteiger partial charge in [0.1, 0.15) is 18.0 Å². The van der Waals surface area contributed by atoms with E-state index < -0.39 is 21.7 Å². The van der Waals surface area contributed by atoms with Crippen LogP contribution in [0.5, 0.6) is 5.75 Å². The average Bonchev–Trinajstić information content (AvgIpc) is 3.00. The SMILES string of the molecule is CN1CCC(CCOc2ccc(-c3cc(Nc4ccc(NS(=O)(=O)c5ccc(F)cc5)cc4)ncn3)cc2F)CC1.O=CO. The Kier molecular flexibility index (Phi) is 11.2. The first-order valence-corrected chi connectivity index (χ1v) is 15.3. The monoisotopic (exact) mass is 625 g/mol. The van der Waals surface area contributed by atoms with E-state index >= 15 is 0 Å². The second kappa shape index (κ2) is 15.2. The van der Waals surface area contributed by atoms with E-state index in [4.69, 9.17) is 14.6 Å². The quantitative estimate of drug-likeness (QED) is 0.188. The topological polar surface area (TPSA) is 134 Å². The van der Waals surface area contributed by atoms with Crippen LogP contribution in [0, 0.1) is 17.6 Å². The van der Waals surface area contributed by atoms with Crippen molar-refractivity contribution < 1.29 is 31.8 Å². The van der Waals surface area contributed by atoms with Crippen LogP contribution in [-0.4, -0.2) is 61.6 Å². The van der Waals surface area contributed by atoms with E-state index in [1.165, 1.54) is 24.5 Å². The number of benzene rings is 3. The predicted molar refractivity (Wildman–Crippen MR) is 163 cm³/mol. The fourth-order valence-corrected chi connectivity index (χ4v) is 5.70. The average molecular weight is 626 g/mol. The van der Waals surface area contributed by atoms with E-state index in [1.54, 1.807) is 42.5 Å². The van der Waals surface area contributed by atoms with E-state index in [9.17, 15) is 17.2 Å². The van der Waals surface area contributed by atoms with Crippen molar-refractivity contribution >= 4 is 33.7 Å². The molecule has 1 saturated heterocycles. The molecule has 1 aliphatic heterocycles. The normalized spacial score (nSPS) is 13.8. The minimum atomic E-state index is -3.86. The molecule has 0 aliphatic carbocycles. The van der Waals surface area contributed by atoms with Gasteiger partial charge in [0.15, 0.2) is 11.6 Å². The number of ether oxygens (including phenoxy) is 1. The van der Waals surface area contributed by atoms with Crippen molar-refractivity contribution in [1.29, 1.82) is 0 Å². The Morgan fingerprint density at radius 2 is 1.64 bits per heavy atom. The van der Waals surface area contributed by atoms with E-state index in [1.807, 2.05) is 0 Å². The van der Waals surface area contributed by atoms with Crippen LogP contribution in [0.4, 0.5) is 26.0 Å². The van der Waals surface area contributed by atoms with Gasteiger partial charge in [-0.15, -0.1) is 0 Å². The number of anilines is 3. The number of carboxylic acid groups (broad SMARTS) is 1. The maximum atomic E-state index is 14.8. The summed E-state index contributed by atoms with van der Waals surface area (Å²) in [6.45, 7) is 2.42. The fourth-order valence-electron chi connectivity index (χ4n) is 4.64. The number of carbonyl (C=O) groups is 1. The van der Waals surface area contributed by atoms with Crippen LogP contribution in [0.3, 0.4) is 0 Å². The van der Waals surface area contributed by atoms with E-state index in [0.29, 0.717) is 41.0 Å². The second-order valence-electron chi connectivity index (χ2n) is 10.2. The third kappa shape index (κ3) is 9.19. The fraction of sp³-hybridized carbons (Fsp3) is 0.258. The Hall–Kier alpha value is -4.62. The Bertz CT molecular complexity index is 1630. The largest absolute Gasteiger partial charge is 0.491 e. The van der Waals surface area contributed by atoms with Crippen molar-refractivity contribution in [1.82, 2.24) is 14.9 Å². The first-order chi connectivity index (χ1) is 21.2. The number of rotatable bonds is 10. The minimum Gasteiger partial charge on any atom is -0.491 e. The maximum absolute atomic E-state index is 14.8. The van der Waals surface area contributed by atoms with Crippen molar-refractivity contribution in [2.75, 3.05) is 36.8 Å². The summed E-state index contributed by atoms with van der Waals surface area (Å²) in [5.74, 6) is 0.356. The zero-order chi connectivity index (χ0) is 31.5. The summed E-state index contributed by atoms with van der Waals surface area (Å²) >= 11 is 0. The molecule has 0 atom stereocenters. The standard InChI is InChI=1S/C30H31F2N5O3S.CH2O2/c1-37-15-12-21(13-16-37)14-17-40-29-11-2-22(18-27(29)32)28-19-30(34-20-33-28)35-24-5-7-25(8-6-24)36-41(38,39)26-9-3-23(31)4-10-26;2-1-3/h2-11,18-21,36H,12-17H2,1H3,(H,33,34,35);1H,(H,2,3). The van der Waals surface area contributed by atoms with Gasteiger partial charge in [0.2, 0.25) is 0 Å². The molecule has 3 aromatic carbocycles. The highest BCUT2D eigenvalue weighted by Gasteiger charge is 2.17. The first-order valence-electron chi connectivity index (χ1n) is 13.8. The number of nitrogens with one attached hydrogen (secondary N) is 2. The number of halogens is 2. The molecule has 1 aromatic heterocycles. The molecule has 0 amide bonds. The Labute approximate surface area is 254 Å². The summed E-state index contributed by atoms with van der Waals surface area (Å²) in [5.41, 5.74) is 2.11. The van der Waals surface area contributed by atoms with Crippen LogP contribution in [0.15, 0.2) is 84.0 Å². The van der Waals surface area contributed by atoms with E-state index in [2.05, 4.69) is 32.0 Å². The van der Waals surface area contributed by atoms with Gasteiger partial charge >= 0.3 is 0 Å². The lowest BCUT2D eigenvalue weighted by Gasteiger charge is -2.28. The number of likely N-dealkylation sites (tertiary alicyclic amines) is 1. The van der Waals surface area contributed by atoms with Crippen molar-refractivity contribution in [2.24, 2.45) is 5.92 Å². The smallest absolute Gasteiger partial charge is 0.290 e. The molecule has 44 heavy (non-hydrogen) atoms. The zero-order valence-corrected chi connectivity index (χ0v) is 24.8. The number of nitrogens with zero attached hydrogens (tertiary/aromatic N) is 3. The molecule has 0 radical (unpaired) electrons. The van der Waals surface area contributed by atoms with Gasteiger partial charge in [0, 0.05) is 23.0 Å². The molecule has 232 valence electrons. The molecule has 10 nitrogen and oxygen atoms in total. The lowest BCUT2D eigenvalue weighted by atomic mass is 9.94. The molecule has 1 fully saturated rings. The molecule has 4 aromatic rings. The van der Waals surface area contributed by atoms with Crippen LogP contribution in [-0.2, 0) is 14.8 Å². The van der Waals surface area contributed by atoms with E-state index in [0.717, 1.165) is 44.5 Å². The van der Waals surface area contributed by atoms with Gasteiger partial charge < -0.3 is 20.1 Å². The molecule has 5 rings (SSSR count). The highest BCUT2D eigenvalue weighted by Crippen LogP contribution is 2.28. The summed E-state index contributed by atoms with van der Waals surface area (Å²) in [7, 11) is -1.73. The molecule has 1 aliphatic rings. The molecule has 0 unspecified atom stereocenters. The Balaban J connectivity index is 0.00000141. The highest BCUT2D eigenvalue weighted by molar-refractivity contribution is 7.92. The molecular formula is C31H33F2N5O5S. The van der Waals surface area contributed by atoms with E-state index in [-0.39, 0.29) is 17.1 Å². The van der Waals surface area contributed by atoms with Crippen molar-refractivity contribution in [2.45, 2.75) is 24.2 Å². The number of hydrogen-bond donors (Lipinski definition) is 3. The second-order valence-corrected chi connectivity index (χ2v) is 11.9. The minimum absolute atomic E-state index is 0.0432. The summed E-state index contributed by atoms with van der Waals surface area (Å²) < 4.78 is 61.2. The number of sulfonamides is 1. The third-order valence-corrected chi connectivity index (χ3v) is 8.45. The molecule has 0 saturated carbocycles. The van der Waals surface area contributed by atoms with Gasteiger partial charge in [-0.25, -0.2) is 27.2 Å². The summed E-state index contributed by atoms with van der Waals surface area (Å²) in [5, 5.41) is 10.0. The number of hydrogen-bond acceptors (Lipinski definition) is 8. The van der Waals surface area contributed by atoms with Crippen LogP contribution in [0.2, 0.25) is 0 Å². The van der Waals surface area contributed by atoms with Crippen LogP contribution in [0.1, 0.15) is 19.3 Å². The van der Waals surface area contributed by atoms with Gasteiger partial charge in [-0.1, -0.05) is 0 Å². The zero-order valence-electron chi connectivity index (χ0n) is 24.0. The number of aromatic nitrogens is 2. The van der Waals surface area contributed by atoms with Gasteiger partial charge in [0.25, 0.3) is 16.5 Å². The summed E-state index contributed by atoms with van der Waals surface area (Å²) in [4.78, 5) is 19.2. The predicted octanol–water partition coefficient (Wildman–Crippen LogP) is 5.78. The molecule has 0 bridgehead atoms. The lowest BCUT2D eigenvalue weighted by molar-refractivity contribution is -0.122. The summed E-state index contributed by atoms with van der Waals surface area (Å²) in [6.07, 6.45) is 4.58. The van der Waals surface area contributed by atoms with Gasteiger partial charge in [-0.2, -0.15) is 0 Å². The van der Waals surface area contributed by atoms with Gasteiger partial charge in [-0.3, -0.25) is 9.52 Å². The maximum Gasteiger partial charge on any atom is 0.290 e. The molecule has 2 heterocycles. The Morgan fingerprint density at radius 1 is 0.977 bits per heavy atom. The first kappa shape index (κ1) is 32.3. The third-order valence-electron chi connectivity index (χ3n) is 7.05. The van der Waals surface area contributed by atoms with Gasteiger partial charge in [-0.05, 0) is 112 Å².